The SMILES string of the molecule is CCCCCCN1C(=O)C(=Cc2ccc(OC)c(OC)c2)SC1=S. The molecule has 1 amide bonds. The number of unbranched alkanes of at least 4 members (excludes halogenated alkanes) is 3. The van der Waals surface area contributed by atoms with Crippen LogP contribution in [0.2, 0.25) is 0 Å². The lowest BCUT2D eigenvalue weighted by molar-refractivity contribution is -0.122. The number of hydrogen-bond donors (Lipinski definition) is 0. The molecule has 1 aliphatic heterocycles. The molecule has 0 unspecified atom stereocenters. The van der Waals surface area contributed by atoms with Gasteiger partial charge in [-0.2, -0.15) is 0 Å². The minimum Gasteiger partial charge on any atom is -0.493 e. The van der Waals surface area contributed by atoms with E-state index in [-0.39, 0.29) is 5.91 Å². The number of carbonyl (C=O) groups excluding carboxylic acids is 1. The highest BCUT2D eigenvalue weighted by Crippen LogP contribution is 2.34. The molecule has 4 nitrogen and oxygen atoms in total. The first-order valence-electron chi connectivity index (χ1n) is 8.08. The third kappa shape index (κ3) is 4.51. The molecule has 6 heteroatoms. The van der Waals surface area contributed by atoms with Gasteiger partial charge < -0.3 is 9.47 Å². The molecule has 0 bridgehead atoms. The van der Waals surface area contributed by atoms with Crippen molar-refractivity contribution in [3.8, 4) is 11.5 Å². The molecule has 1 aliphatic rings. The van der Waals surface area contributed by atoms with Crippen LogP contribution in [-0.2, 0) is 4.79 Å². The summed E-state index contributed by atoms with van der Waals surface area (Å²) in [5, 5.41) is 0. The van der Waals surface area contributed by atoms with E-state index in [1.165, 1.54) is 24.6 Å². The molecule has 130 valence electrons. The van der Waals surface area contributed by atoms with Crippen LogP contribution in [0.3, 0.4) is 0 Å². The maximum atomic E-state index is 12.6. The van der Waals surface area contributed by atoms with Gasteiger partial charge in [-0.05, 0) is 30.2 Å². The van der Waals surface area contributed by atoms with Gasteiger partial charge in [0.05, 0.1) is 19.1 Å². The monoisotopic (exact) mass is 365 g/mol. The van der Waals surface area contributed by atoms with Crippen LogP contribution in [0.4, 0.5) is 0 Å². The Morgan fingerprint density at radius 3 is 2.58 bits per heavy atom. The Morgan fingerprint density at radius 2 is 1.92 bits per heavy atom. The van der Waals surface area contributed by atoms with Crippen molar-refractivity contribution in [1.29, 1.82) is 0 Å². The third-order valence-electron chi connectivity index (χ3n) is 3.81. The molecule has 0 atom stereocenters. The van der Waals surface area contributed by atoms with E-state index in [1.54, 1.807) is 19.1 Å². The van der Waals surface area contributed by atoms with Crippen molar-refractivity contribution in [2.24, 2.45) is 0 Å². The number of amides is 1. The molecule has 0 saturated carbocycles. The Hall–Kier alpha value is -1.53. The predicted octanol–water partition coefficient (Wildman–Crippen LogP) is 4.49. The molecular formula is C18H23NO3S2. The second-order valence-electron chi connectivity index (χ2n) is 5.51. The summed E-state index contributed by atoms with van der Waals surface area (Å²) in [5.41, 5.74) is 0.888. The molecule has 1 heterocycles. The maximum absolute atomic E-state index is 12.6. The summed E-state index contributed by atoms with van der Waals surface area (Å²) < 4.78 is 11.2. The van der Waals surface area contributed by atoms with E-state index in [4.69, 9.17) is 21.7 Å². The van der Waals surface area contributed by atoms with Crippen molar-refractivity contribution >= 4 is 40.3 Å². The smallest absolute Gasteiger partial charge is 0.266 e. The van der Waals surface area contributed by atoms with Crippen molar-refractivity contribution in [2.75, 3.05) is 20.8 Å². The zero-order valence-corrected chi connectivity index (χ0v) is 16.0. The minimum absolute atomic E-state index is 0.00344. The molecule has 2 rings (SSSR count). The predicted molar refractivity (Wildman–Crippen MR) is 104 cm³/mol. The number of methoxy groups -OCH3 is 2. The summed E-state index contributed by atoms with van der Waals surface area (Å²) in [4.78, 5) is 14.9. The highest BCUT2D eigenvalue weighted by Gasteiger charge is 2.31. The van der Waals surface area contributed by atoms with Gasteiger partial charge in [0.25, 0.3) is 5.91 Å². The number of hydrogen-bond acceptors (Lipinski definition) is 5. The molecule has 0 aromatic heterocycles. The van der Waals surface area contributed by atoms with Crippen molar-refractivity contribution in [3.63, 3.8) is 0 Å². The fraction of sp³-hybridized carbons (Fsp3) is 0.444. The summed E-state index contributed by atoms with van der Waals surface area (Å²) in [5.74, 6) is 1.30. The van der Waals surface area contributed by atoms with E-state index in [9.17, 15) is 4.79 Å². The van der Waals surface area contributed by atoms with Gasteiger partial charge in [-0.25, -0.2) is 0 Å². The minimum atomic E-state index is -0.00344. The molecule has 1 aromatic carbocycles. The molecule has 0 radical (unpaired) electrons. The van der Waals surface area contributed by atoms with E-state index in [0.29, 0.717) is 27.3 Å². The Bertz CT molecular complexity index is 643. The van der Waals surface area contributed by atoms with Crippen LogP contribution in [0.5, 0.6) is 11.5 Å². The van der Waals surface area contributed by atoms with Gasteiger partial charge in [0, 0.05) is 6.54 Å². The van der Waals surface area contributed by atoms with E-state index >= 15 is 0 Å². The average molecular weight is 366 g/mol. The Morgan fingerprint density at radius 1 is 1.17 bits per heavy atom. The molecular weight excluding hydrogens is 342 g/mol. The zero-order chi connectivity index (χ0) is 17.5. The van der Waals surface area contributed by atoms with Crippen LogP contribution in [0.1, 0.15) is 38.2 Å². The number of thiocarbonyl (C=S) groups is 1. The summed E-state index contributed by atoms with van der Waals surface area (Å²) in [6, 6.07) is 5.58. The van der Waals surface area contributed by atoms with Crippen molar-refractivity contribution < 1.29 is 14.3 Å². The summed E-state index contributed by atoms with van der Waals surface area (Å²) in [7, 11) is 3.19. The van der Waals surface area contributed by atoms with Gasteiger partial charge in [0.1, 0.15) is 4.32 Å². The summed E-state index contributed by atoms with van der Waals surface area (Å²) in [6.45, 7) is 2.87. The first-order valence-corrected chi connectivity index (χ1v) is 9.30. The Balaban J connectivity index is 2.10. The van der Waals surface area contributed by atoms with E-state index in [0.717, 1.165) is 18.4 Å². The fourth-order valence-electron chi connectivity index (χ4n) is 2.48. The van der Waals surface area contributed by atoms with Gasteiger partial charge in [-0.15, -0.1) is 0 Å². The van der Waals surface area contributed by atoms with Crippen molar-refractivity contribution in [1.82, 2.24) is 4.90 Å². The molecule has 0 N–H and O–H groups in total. The Labute approximate surface area is 153 Å². The second kappa shape index (κ2) is 9.08. The van der Waals surface area contributed by atoms with Crippen LogP contribution in [0, 0.1) is 0 Å². The standard InChI is InChI=1S/C18H23NO3S2/c1-4-5-6-7-10-19-17(20)16(24-18(19)23)12-13-8-9-14(21-2)15(11-13)22-3/h8-9,11-12H,4-7,10H2,1-3H3. The van der Waals surface area contributed by atoms with Crippen LogP contribution in [0.25, 0.3) is 6.08 Å². The summed E-state index contributed by atoms with van der Waals surface area (Å²) in [6.07, 6.45) is 6.34. The van der Waals surface area contributed by atoms with Crippen LogP contribution in [-0.4, -0.2) is 35.9 Å². The molecule has 24 heavy (non-hydrogen) atoms. The fourth-order valence-corrected chi connectivity index (χ4v) is 3.79. The second-order valence-corrected chi connectivity index (χ2v) is 7.18. The van der Waals surface area contributed by atoms with Gasteiger partial charge in [-0.3, -0.25) is 9.69 Å². The largest absolute Gasteiger partial charge is 0.493 e. The lowest BCUT2D eigenvalue weighted by atomic mass is 10.1. The maximum Gasteiger partial charge on any atom is 0.266 e. The lowest BCUT2D eigenvalue weighted by Gasteiger charge is -2.13. The van der Waals surface area contributed by atoms with Crippen molar-refractivity contribution in [2.45, 2.75) is 32.6 Å². The third-order valence-corrected chi connectivity index (χ3v) is 5.19. The number of thioether (sulfide) groups is 1. The van der Waals surface area contributed by atoms with Crippen LogP contribution < -0.4 is 9.47 Å². The van der Waals surface area contributed by atoms with Gasteiger partial charge in [0.2, 0.25) is 0 Å². The number of benzene rings is 1. The zero-order valence-electron chi connectivity index (χ0n) is 14.3. The van der Waals surface area contributed by atoms with Gasteiger partial charge >= 0.3 is 0 Å². The quantitative estimate of drug-likeness (QED) is 0.386. The van der Waals surface area contributed by atoms with E-state index in [1.807, 2.05) is 24.3 Å². The average Bonchev–Trinajstić information content (AvgIpc) is 2.85. The van der Waals surface area contributed by atoms with E-state index in [2.05, 4.69) is 6.92 Å². The molecule has 1 saturated heterocycles. The molecule has 1 fully saturated rings. The molecule has 1 aromatic rings. The van der Waals surface area contributed by atoms with Gasteiger partial charge in [-0.1, -0.05) is 56.2 Å². The first-order chi connectivity index (χ1) is 11.6. The van der Waals surface area contributed by atoms with Crippen LogP contribution in [0.15, 0.2) is 23.1 Å². The van der Waals surface area contributed by atoms with Crippen molar-refractivity contribution in [3.05, 3.63) is 28.7 Å². The number of rotatable bonds is 8. The highest BCUT2D eigenvalue weighted by molar-refractivity contribution is 8.26. The normalized spacial score (nSPS) is 16.1. The topological polar surface area (TPSA) is 38.8 Å². The molecule has 0 aliphatic carbocycles. The van der Waals surface area contributed by atoms with Crippen LogP contribution >= 0.6 is 24.0 Å². The van der Waals surface area contributed by atoms with Gasteiger partial charge in [0.15, 0.2) is 11.5 Å². The van der Waals surface area contributed by atoms with E-state index < -0.39 is 0 Å². The Kier molecular flexibility index (Phi) is 7.12. The lowest BCUT2D eigenvalue weighted by Crippen LogP contribution is -2.28. The number of nitrogens with zero attached hydrogens (tertiary/aromatic N) is 1. The number of ether oxygens (including phenoxy) is 2. The summed E-state index contributed by atoms with van der Waals surface area (Å²) >= 11 is 6.72. The number of carbonyl (C=O) groups is 1. The molecule has 0 spiro atoms. The first kappa shape index (κ1) is 18.8. The highest BCUT2D eigenvalue weighted by atomic mass is 32.2.